The molecule has 2 N–H and O–H groups in total. The number of rotatable bonds is 5. The third-order valence-corrected chi connectivity index (χ3v) is 4.54. The lowest BCUT2D eigenvalue weighted by Crippen LogP contribution is -2.46. The molecule has 1 saturated heterocycles. The van der Waals surface area contributed by atoms with Crippen LogP contribution < -0.4 is 10.6 Å². The molecule has 0 aliphatic carbocycles. The molecular weight excluding hydrogens is 278 g/mol. The summed E-state index contributed by atoms with van der Waals surface area (Å²) in [5.41, 5.74) is 3.76. The minimum Gasteiger partial charge on any atom is -0.350 e. The van der Waals surface area contributed by atoms with Crippen molar-refractivity contribution < 1.29 is 9.59 Å². The summed E-state index contributed by atoms with van der Waals surface area (Å²) < 4.78 is 0. The lowest BCUT2D eigenvalue weighted by molar-refractivity contribution is -0.137. The molecule has 3 rings (SSSR count). The predicted octanol–water partition coefficient (Wildman–Crippen LogP) is 1.31. The first-order valence-electron chi connectivity index (χ1n) is 8.07. The van der Waals surface area contributed by atoms with E-state index in [4.69, 9.17) is 0 Å². The highest BCUT2D eigenvalue weighted by Gasteiger charge is 2.31. The van der Waals surface area contributed by atoms with Gasteiger partial charge in [0.05, 0.1) is 0 Å². The first-order chi connectivity index (χ1) is 10.7. The van der Waals surface area contributed by atoms with Crippen LogP contribution in [-0.4, -0.2) is 29.3 Å². The third kappa shape index (κ3) is 2.99. The normalized spacial score (nSPS) is 18.4. The molecule has 1 unspecified atom stereocenters. The van der Waals surface area contributed by atoms with Crippen LogP contribution in [0.15, 0.2) is 18.2 Å². The highest BCUT2D eigenvalue weighted by atomic mass is 16.2. The molecule has 1 fully saturated rings. The smallest absolute Gasteiger partial charge is 0.243 e. The molecule has 2 aliphatic rings. The fraction of sp³-hybridized carbons (Fsp3) is 0.529. The second kappa shape index (κ2) is 6.48. The number of benzene rings is 1. The Morgan fingerprint density at radius 3 is 2.91 bits per heavy atom. The second-order valence-electron chi connectivity index (χ2n) is 6.04. The van der Waals surface area contributed by atoms with Crippen LogP contribution in [0.5, 0.6) is 0 Å². The van der Waals surface area contributed by atoms with Gasteiger partial charge in [-0.2, -0.15) is 0 Å². The lowest BCUT2D eigenvalue weighted by Gasteiger charge is -2.25. The first-order valence-corrected chi connectivity index (χ1v) is 8.07. The van der Waals surface area contributed by atoms with E-state index in [1.54, 1.807) is 4.90 Å². The number of fused-ring (bicyclic) bond motifs is 1. The van der Waals surface area contributed by atoms with E-state index < -0.39 is 0 Å². The van der Waals surface area contributed by atoms with Crippen molar-refractivity contribution in [3.05, 3.63) is 34.9 Å². The number of hydrogen-bond donors (Lipinski definition) is 2. The molecule has 0 aromatic heterocycles. The van der Waals surface area contributed by atoms with Gasteiger partial charge in [-0.25, -0.2) is 0 Å². The molecule has 2 heterocycles. The van der Waals surface area contributed by atoms with Crippen LogP contribution in [-0.2, 0) is 29.2 Å². The maximum Gasteiger partial charge on any atom is 0.243 e. The maximum atomic E-state index is 12.4. The van der Waals surface area contributed by atoms with Gasteiger partial charge in [0.1, 0.15) is 6.04 Å². The van der Waals surface area contributed by atoms with Crippen LogP contribution in [0.1, 0.15) is 42.9 Å². The van der Waals surface area contributed by atoms with Crippen molar-refractivity contribution in [2.75, 3.05) is 6.54 Å². The van der Waals surface area contributed by atoms with E-state index in [1.165, 1.54) is 11.1 Å². The topological polar surface area (TPSA) is 61.4 Å². The molecule has 0 saturated carbocycles. The standard InChI is InChI=1S/C17H23N3O2/c1-2-15(20-7-3-4-16(20)21)17(22)19-9-12-5-6-13-10-18-11-14(13)8-12/h5-6,8,15,18H,2-4,7,9-11H2,1H3,(H,19,22). The molecule has 0 radical (unpaired) electrons. The van der Waals surface area contributed by atoms with E-state index in [0.29, 0.717) is 25.9 Å². The van der Waals surface area contributed by atoms with Crippen molar-refractivity contribution in [1.29, 1.82) is 0 Å². The summed E-state index contributed by atoms with van der Waals surface area (Å²) in [6.45, 7) is 5.00. The molecule has 1 aromatic rings. The van der Waals surface area contributed by atoms with Gasteiger partial charge in [-0.1, -0.05) is 25.1 Å². The fourth-order valence-electron chi connectivity index (χ4n) is 3.31. The molecule has 1 atom stereocenters. The van der Waals surface area contributed by atoms with Crippen molar-refractivity contribution in [2.45, 2.75) is 51.9 Å². The Morgan fingerprint density at radius 2 is 2.18 bits per heavy atom. The number of likely N-dealkylation sites (tertiary alicyclic amines) is 1. The van der Waals surface area contributed by atoms with Crippen molar-refractivity contribution >= 4 is 11.8 Å². The zero-order valence-corrected chi connectivity index (χ0v) is 13.0. The van der Waals surface area contributed by atoms with Gasteiger partial charge in [0.15, 0.2) is 0 Å². The van der Waals surface area contributed by atoms with Gasteiger partial charge in [-0.15, -0.1) is 0 Å². The molecule has 5 nitrogen and oxygen atoms in total. The molecule has 5 heteroatoms. The number of amides is 2. The Labute approximate surface area is 131 Å². The summed E-state index contributed by atoms with van der Waals surface area (Å²) in [6, 6.07) is 6.01. The van der Waals surface area contributed by atoms with Crippen LogP contribution in [0.25, 0.3) is 0 Å². The summed E-state index contributed by atoms with van der Waals surface area (Å²) in [7, 11) is 0. The van der Waals surface area contributed by atoms with Gasteiger partial charge in [-0.3, -0.25) is 9.59 Å². The summed E-state index contributed by atoms with van der Waals surface area (Å²) in [5.74, 6) is 0.0574. The Kier molecular flexibility index (Phi) is 4.43. The van der Waals surface area contributed by atoms with Crippen LogP contribution in [0, 0.1) is 0 Å². The van der Waals surface area contributed by atoms with Crippen LogP contribution in [0.2, 0.25) is 0 Å². The van der Waals surface area contributed by atoms with Gasteiger partial charge in [0, 0.05) is 32.6 Å². The van der Waals surface area contributed by atoms with Crippen molar-refractivity contribution in [3.8, 4) is 0 Å². The van der Waals surface area contributed by atoms with Crippen LogP contribution >= 0.6 is 0 Å². The largest absolute Gasteiger partial charge is 0.350 e. The highest BCUT2D eigenvalue weighted by Crippen LogP contribution is 2.18. The summed E-state index contributed by atoms with van der Waals surface area (Å²) in [4.78, 5) is 25.9. The Bertz CT molecular complexity index is 585. The average Bonchev–Trinajstić information content (AvgIpc) is 3.15. The fourth-order valence-corrected chi connectivity index (χ4v) is 3.31. The van der Waals surface area contributed by atoms with Gasteiger partial charge in [0.2, 0.25) is 11.8 Å². The number of carbonyl (C=O) groups is 2. The zero-order valence-electron chi connectivity index (χ0n) is 13.0. The van der Waals surface area contributed by atoms with E-state index in [0.717, 1.165) is 25.1 Å². The Balaban J connectivity index is 1.60. The molecule has 1 aromatic carbocycles. The van der Waals surface area contributed by atoms with Crippen molar-refractivity contribution in [2.24, 2.45) is 0 Å². The molecular formula is C17H23N3O2. The molecule has 2 amide bonds. The molecule has 0 spiro atoms. The monoisotopic (exact) mass is 301 g/mol. The third-order valence-electron chi connectivity index (χ3n) is 4.54. The van der Waals surface area contributed by atoms with Crippen LogP contribution in [0.4, 0.5) is 0 Å². The van der Waals surface area contributed by atoms with Gasteiger partial charge >= 0.3 is 0 Å². The number of nitrogens with zero attached hydrogens (tertiary/aromatic N) is 1. The van der Waals surface area contributed by atoms with Crippen LogP contribution in [0.3, 0.4) is 0 Å². The maximum absolute atomic E-state index is 12.4. The predicted molar refractivity (Wildman–Crippen MR) is 83.9 cm³/mol. The minimum atomic E-state index is -0.328. The SMILES string of the molecule is CCC(C(=O)NCc1ccc2c(c1)CNC2)N1CCCC1=O. The summed E-state index contributed by atoms with van der Waals surface area (Å²) in [6.07, 6.45) is 2.09. The van der Waals surface area contributed by atoms with E-state index >= 15 is 0 Å². The molecule has 22 heavy (non-hydrogen) atoms. The second-order valence-corrected chi connectivity index (χ2v) is 6.04. The summed E-state index contributed by atoms with van der Waals surface area (Å²) in [5, 5.41) is 6.30. The Hall–Kier alpha value is -1.88. The quantitative estimate of drug-likeness (QED) is 0.862. The van der Waals surface area contributed by atoms with Crippen molar-refractivity contribution in [3.63, 3.8) is 0 Å². The van der Waals surface area contributed by atoms with Crippen molar-refractivity contribution in [1.82, 2.24) is 15.5 Å². The van der Waals surface area contributed by atoms with E-state index in [2.05, 4.69) is 28.8 Å². The average molecular weight is 301 g/mol. The number of carbonyl (C=O) groups excluding carboxylic acids is 2. The van der Waals surface area contributed by atoms with Gasteiger partial charge < -0.3 is 15.5 Å². The minimum absolute atomic E-state index is 0.0450. The Morgan fingerprint density at radius 1 is 1.36 bits per heavy atom. The highest BCUT2D eigenvalue weighted by molar-refractivity contribution is 5.88. The zero-order chi connectivity index (χ0) is 15.5. The van der Waals surface area contributed by atoms with E-state index in [9.17, 15) is 9.59 Å². The van der Waals surface area contributed by atoms with Gasteiger partial charge in [0.25, 0.3) is 0 Å². The van der Waals surface area contributed by atoms with Gasteiger partial charge in [-0.05, 0) is 29.5 Å². The lowest BCUT2D eigenvalue weighted by atomic mass is 10.1. The first kappa shape index (κ1) is 15.0. The molecule has 0 bridgehead atoms. The van der Waals surface area contributed by atoms with E-state index in [-0.39, 0.29) is 17.9 Å². The number of hydrogen-bond acceptors (Lipinski definition) is 3. The summed E-state index contributed by atoms with van der Waals surface area (Å²) >= 11 is 0. The van der Waals surface area contributed by atoms with E-state index in [1.807, 2.05) is 6.92 Å². The molecule has 2 aliphatic heterocycles. The number of nitrogens with one attached hydrogen (secondary N) is 2. The molecule has 118 valence electrons.